The molecule has 19 heavy (non-hydrogen) atoms. The van der Waals surface area contributed by atoms with E-state index in [2.05, 4.69) is 20.0 Å². The fraction of sp³-hybridized carbons (Fsp3) is 0.750. The molecular weight excluding hydrogens is 264 g/mol. The molecule has 0 bridgehead atoms. The molecule has 0 saturated heterocycles. The van der Waals surface area contributed by atoms with Crippen LogP contribution in [0.15, 0.2) is 12.4 Å². The van der Waals surface area contributed by atoms with Crippen LogP contribution < -0.4 is 10.0 Å². The molecule has 0 spiro atoms. The van der Waals surface area contributed by atoms with Crippen molar-refractivity contribution in [2.75, 3.05) is 13.1 Å². The number of aromatic amines is 1. The Morgan fingerprint density at radius 2 is 2.11 bits per heavy atom. The molecule has 0 aliphatic heterocycles. The van der Waals surface area contributed by atoms with E-state index in [-0.39, 0.29) is 6.04 Å². The monoisotopic (exact) mass is 288 g/mol. The zero-order valence-electron chi connectivity index (χ0n) is 11.8. The molecule has 1 heterocycles. The number of hydrogen-bond donors (Lipinski definition) is 3. The summed E-state index contributed by atoms with van der Waals surface area (Å²) in [4.78, 5) is 7.08. The van der Waals surface area contributed by atoms with Crippen molar-refractivity contribution in [1.29, 1.82) is 0 Å². The minimum atomic E-state index is -3.24. The summed E-state index contributed by atoms with van der Waals surface area (Å²) in [6.07, 6.45) is 4.93. The lowest BCUT2D eigenvalue weighted by Gasteiger charge is -2.16. The number of H-pyrrole nitrogens is 1. The molecule has 0 aliphatic carbocycles. The highest BCUT2D eigenvalue weighted by atomic mass is 32.2. The maximum absolute atomic E-state index is 11.9. The van der Waals surface area contributed by atoms with Crippen molar-refractivity contribution in [1.82, 2.24) is 20.0 Å². The van der Waals surface area contributed by atoms with Crippen LogP contribution in [0.4, 0.5) is 0 Å². The van der Waals surface area contributed by atoms with Gasteiger partial charge in [0.25, 0.3) is 0 Å². The van der Waals surface area contributed by atoms with E-state index < -0.39 is 15.3 Å². The first-order valence-electron chi connectivity index (χ1n) is 6.62. The summed E-state index contributed by atoms with van der Waals surface area (Å²) >= 11 is 0. The molecule has 0 radical (unpaired) electrons. The van der Waals surface area contributed by atoms with E-state index in [0.29, 0.717) is 13.1 Å². The van der Waals surface area contributed by atoms with Gasteiger partial charge in [0.1, 0.15) is 5.82 Å². The Bertz CT molecular complexity index is 442. The normalized spacial score (nSPS) is 13.9. The van der Waals surface area contributed by atoms with Crippen molar-refractivity contribution in [3.63, 3.8) is 0 Å². The number of rotatable bonds is 9. The maximum Gasteiger partial charge on any atom is 0.215 e. The van der Waals surface area contributed by atoms with Gasteiger partial charge in [-0.25, -0.2) is 18.1 Å². The average molecular weight is 288 g/mol. The second kappa shape index (κ2) is 7.62. The number of nitrogens with zero attached hydrogens (tertiary/aromatic N) is 1. The summed E-state index contributed by atoms with van der Waals surface area (Å²) in [5, 5.41) is 2.70. The van der Waals surface area contributed by atoms with Crippen LogP contribution in [0.1, 0.15) is 33.0 Å². The molecule has 3 N–H and O–H groups in total. The van der Waals surface area contributed by atoms with E-state index in [1.807, 2.05) is 13.8 Å². The SMILES string of the molecule is CC(C)NCC(C)S(=O)(=O)NCCCc1ncc[nH]1. The molecule has 1 atom stereocenters. The zero-order valence-corrected chi connectivity index (χ0v) is 12.6. The van der Waals surface area contributed by atoms with E-state index in [1.54, 1.807) is 19.3 Å². The highest BCUT2D eigenvalue weighted by Gasteiger charge is 2.19. The second-order valence-corrected chi connectivity index (χ2v) is 7.14. The summed E-state index contributed by atoms with van der Waals surface area (Å²) in [6.45, 7) is 6.61. The Kier molecular flexibility index (Phi) is 6.47. The number of aromatic nitrogens is 2. The zero-order chi connectivity index (χ0) is 14.3. The third kappa shape index (κ3) is 6.17. The van der Waals surface area contributed by atoms with Gasteiger partial charge in [0.2, 0.25) is 10.0 Å². The van der Waals surface area contributed by atoms with Crippen molar-refractivity contribution < 1.29 is 8.42 Å². The molecule has 6 nitrogen and oxygen atoms in total. The highest BCUT2D eigenvalue weighted by molar-refractivity contribution is 7.90. The maximum atomic E-state index is 11.9. The second-order valence-electron chi connectivity index (χ2n) is 4.95. The Labute approximate surface area is 115 Å². The van der Waals surface area contributed by atoms with Gasteiger partial charge in [0.15, 0.2) is 0 Å². The first-order valence-corrected chi connectivity index (χ1v) is 8.16. The number of imidazole rings is 1. The standard InChI is InChI=1S/C12H24N4O2S/c1-10(2)15-9-11(3)19(17,18)16-6-4-5-12-13-7-8-14-12/h7-8,10-11,15-16H,4-6,9H2,1-3H3,(H,13,14). The van der Waals surface area contributed by atoms with E-state index in [0.717, 1.165) is 18.7 Å². The molecule has 1 aromatic heterocycles. The summed E-state index contributed by atoms with van der Waals surface area (Å²) in [5.41, 5.74) is 0. The Morgan fingerprint density at radius 3 is 2.68 bits per heavy atom. The van der Waals surface area contributed by atoms with E-state index in [1.165, 1.54) is 0 Å². The van der Waals surface area contributed by atoms with Gasteiger partial charge < -0.3 is 10.3 Å². The molecule has 0 saturated carbocycles. The number of sulfonamides is 1. The van der Waals surface area contributed by atoms with Gasteiger partial charge in [-0.15, -0.1) is 0 Å². The molecule has 0 fully saturated rings. The molecule has 7 heteroatoms. The van der Waals surface area contributed by atoms with Crippen LogP contribution in [0.5, 0.6) is 0 Å². The fourth-order valence-corrected chi connectivity index (χ4v) is 2.59. The lowest BCUT2D eigenvalue weighted by Crippen LogP contribution is -2.41. The van der Waals surface area contributed by atoms with Crippen LogP contribution in [0.2, 0.25) is 0 Å². The van der Waals surface area contributed by atoms with Crippen LogP contribution in [0.25, 0.3) is 0 Å². The Balaban J connectivity index is 2.26. The molecule has 0 amide bonds. The van der Waals surface area contributed by atoms with E-state index >= 15 is 0 Å². The van der Waals surface area contributed by atoms with Crippen LogP contribution >= 0.6 is 0 Å². The predicted molar refractivity (Wildman–Crippen MR) is 76.4 cm³/mol. The van der Waals surface area contributed by atoms with Crippen LogP contribution in [-0.4, -0.2) is 42.8 Å². The van der Waals surface area contributed by atoms with E-state index in [4.69, 9.17) is 0 Å². The van der Waals surface area contributed by atoms with Crippen molar-refractivity contribution in [3.05, 3.63) is 18.2 Å². The number of hydrogen-bond acceptors (Lipinski definition) is 4. The minimum Gasteiger partial charge on any atom is -0.349 e. The Hall–Kier alpha value is -0.920. The predicted octanol–water partition coefficient (Wildman–Crippen LogP) is 0.648. The first kappa shape index (κ1) is 16.1. The molecule has 1 aromatic rings. The molecule has 0 aromatic carbocycles. The van der Waals surface area contributed by atoms with Crippen molar-refractivity contribution in [3.8, 4) is 0 Å². The van der Waals surface area contributed by atoms with Gasteiger partial charge in [0, 0.05) is 37.9 Å². The van der Waals surface area contributed by atoms with E-state index in [9.17, 15) is 8.42 Å². The van der Waals surface area contributed by atoms with Gasteiger partial charge in [-0.2, -0.15) is 0 Å². The lowest BCUT2D eigenvalue weighted by molar-refractivity contribution is 0.539. The molecule has 110 valence electrons. The van der Waals surface area contributed by atoms with Gasteiger partial charge in [-0.1, -0.05) is 13.8 Å². The highest BCUT2D eigenvalue weighted by Crippen LogP contribution is 1.99. The summed E-state index contributed by atoms with van der Waals surface area (Å²) in [6, 6.07) is 0.289. The molecule has 1 unspecified atom stereocenters. The third-order valence-corrected chi connectivity index (χ3v) is 4.62. The van der Waals surface area contributed by atoms with Crippen molar-refractivity contribution in [2.24, 2.45) is 0 Å². The van der Waals surface area contributed by atoms with Crippen LogP contribution in [0, 0.1) is 0 Å². The summed E-state index contributed by atoms with van der Waals surface area (Å²) in [5.74, 6) is 0.883. The van der Waals surface area contributed by atoms with Crippen LogP contribution in [-0.2, 0) is 16.4 Å². The van der Waals surface area contributed by atoms with Gasteiger partial charge in [0.05, 0.1) is 5.25 Å². The number of nitrogens with one attached hydrogen (secondary N) is 3. The summed E-state index contributed by atoms with van der Waals surface area (Å²) in [7, 11) is -3.24. The first-order chi connectivity index (χ1) is 8.92. The summed E-state index contributed by atoms with van der Waals surface area (Å²) < 4.78 is 26.5. The van der Waals surface area contributed by atoms with Gasteiger partial charge >= 0.3 is 0 Å². The lowest BCUT2D eigenvalue weighted by atomic mass is 10.3. The smallest absolute Gasteiger partial charge is 0.215 e. The van der Waals surface area contributed by atoms with Crippen LogP contribution in [0.3, 0.4) is 0 Å². The average Bonchev–Trinajstić information content (AvgIpc) is 2.84. The molecule has 1 rings (SSSR count). The quantitative estimate of drug-likeness (QED) is 0.582. The fourth-order valence-electron chi connectivity index (χ4n) is 1.56. The molecule has 0 aliphatic rings. The number of aryl methyl sites for hydroxylation is 1. The van der Waals surface area contributed by atoms with Gasteiger partial charge in [-0.05, 0) is 13.3 Å². The third-order valence-electron chi connectivity index (χ3n) is 2.79. The molecular formula is C12H24N4O2S. The van der Waals surface area contributed by atoms with Gasteiger partial charge in [-0.3, -0.25) is 0 Å². The van der Waals surface area contributed by atoms with Crippen molar-refractivity contribution in [2.45, 2.75) is 44.9 Å². The van der Waals surface area contributed by atoms with Crippen molar-refractivity contribution >= 4 is 10.0 Å². The Morgan fingerprint density at radius 1 is 1.37 bits per heavy atom. The minimum absolute atomic E-state index is 0.289. The largest absolute Gasteiger partial charge is 0.349 e. The topological polar surface area (TPSA) is 86.9 Å².